The van der Waals surface area contributed by atoms with E-state index < -0.39 is 0 Å². The molecule has 0 unspecified atom stereocenters. The molecular formula is C10H23BN2. The van der Waals surface area contributed by atoms with Crippen molar-refractivity contribution in [1.29, 1.82) is 0 Å². The van der Waals surface area contributed by atoms with Crippen LogP contribution in [0.1, 0.15) is 34.1 Å². The standard InChI is InChI=1S/C10H23BN2/c1-9(2)12-7-6-8-13(10(3)4)11(12)5/h9-10H,6-8H2,1-5H3. The van der Waals surface area contributed by atoms with Gasteiger partial charge < -0.3 is 9.62 Å². The third-order valence-electron chi connectivity index (χ3n) is 3.12. The fourth-order valence-electron chi connectivity index (χ4n) is 2.38. The van der Waals surface area contributed by atoms with Gasteiger partial charge in [0, 0.05) is 0 Å². The Morgan fingerprint density at radius 3 is 1.62 bits per heavy atom. The van der Waals surface area contributed by atoms with E-state index in [4.69, 9.17) is 0 Å². The molecule has 0 aromatic heterocycles. The lowest BCUT2D eigenvalue weighted by atomic mass is 9.70. The van der Waals surface area contributed by atoms with Crippen LogP contribution in [-0.2, 0) is 0 Å². The van der Waals surface area contributed by atoms with E-state index in [0.29, 0.717) is 19.1 Å². The molecule has 0 amide bonds. The van der Waals surface area contributed by atoms with Gasteiger partial charge in [0.05, 0.1) is 0 Å². The Morgan fingerprint density at radius 2 is 1.31 bits per heavy atom. The summed E-state index contributed by atoms with van der Waals surface area (Å²) in [5.41, 5.74) is 0. The molecule has 0 N–H and O–H groups in total. The first-order valence-electron chi connectivity index (χ1n) is 5.55. The molecular weight excluding hydrogens is 159 g/mol. The highest BCUT2D eigenvalue weighted by molar-refractivity contribution is 6.51. The van der Waals surface area contributed by atoms with E-state index in [-0.39, 0.29) is 0 Å². The summed E-state index contributed by atoms with van der Waals surface area (Å²) in [6.07, 6.45) is 1.32. The van der Waals surface area contributed by atoms with E-state index in [2.05, 4.69) is 44.1 Å². The van der Waals surface area contributed by atoms with E-state index in [1.54, 1.807) is 0 Å². The van der Waals surface area contributed by atoms with Crippen molar-refractivity contribution in [2.75, 3.05) is 13.1 Å². The minimum absolute atomic E-state index is 0.619. The average molecular weight is 182 g/mol. The molecule has 1 aliphatic heterocycles. The molecule has 13 heavy (non-hydrogen) atoms. The molecule has 0 radical (unpaired) electrons. The average Bonchev–Trinajstić information content (AvgIpc) is 2.03. The highest BCUT2D eigenvalue weighted by Gasteiger charge is 2.32. The molecule has 0 saturated carbocycles. The molecule has 0 atom stereocenters. The largest absolute Gasteiger partial charge is 0.326 e. The smallest absolute Gasteiger partial charge is 0.307 e. The van der Waals surface area contributed by atoms with Gasteiger partial charge in [-0.05, 0) is 31.6 Å². The van der Waals surface area contributed by atoms with Gasteiger partial charge in [0.25, 0.3) is 0 Å². The normalized spacial score (nSPS) is 21.9. The molecule has 0 aromatic carbocycles. The third kappa shape index (κ3) is 2.47. The van der Waals surface area contributed by atoms with Gasteiger partial charge in [-0.15, -0.1) is 0 Å². The summed E-state index contributed by atoms with van der Waals surface area (Å²) in [6, 6.07) is 1.35. The van der Waals surface area contributed by atoms with Crippen molar-refractivity contribution in [2.45, 2.75) is 53.0 Å². The topological polar surface area (TPSA) is 6.48 Å². The van der Waals surface area contributed by atoms with Crippen LogP contribution >= 0.6 is 0 Å². The maximum Gasteiger partial charge on any atom is 0.307 e. The van der Waals surface area contributed by atoms with Gasteiger partial charge in [0.15, 0.2) is 0 Å². The molecule has 0 spiro atoms. The fourth-order valence-corrected chi connectivity index (χ4v) is 2.38. The lowest BCUT2D eigenvalue weighted by molar-refractivity contribution is 0.228. The third-order valence-corrected chi connectivity index (χ3v) is 3.12. The van der Waals surface area contributed by atoms with Gasteiger partial charge in [-0.3, -0.25) is 0 Å². The van der Waals surface area contributed by atoms with Crippen LogP contribution in [0.25, 0.3) is 0 Å². The summed E-state index contributed by atoms with van der Waals surface area (Å²) >= 11 is 0. The maximum absolute atomic E-state index is 2.59. The lowest BCUT2D eigenvalue weighted by Crippen LogP contribution is -2.60. The van der Waals surface area contributed by atoms with Gasteiger partial charge in [0.1, 0.15) is 0 Å². The Bertz CT molecular complexity index is 143. The van der Waals surface area contributed by atoms with Crippen LogP contribution in [0.2, 0.25) is 6.82 Å². The second-order valence-electron chi connectivity index (χ2n) is 4.65. The SMILES string of the molecule is CB1N(C(C)C)CCCN1C(C)C. The molecule has 2 nitrogen and oxygen atoms in total. The number of hydrogen-bond donors (Lipinski definition) is 0. The van der Waals surface area contributed by atoms with Crippen molar-refractivity contribution >= 4 is 6.98 Å². The molecule has 76 valence electrons. The van der Waals surface area contributed by atoms with Gasteiger partial charge >= 0.3 is 6.98 Å². The van der Waals surface area contributed by atoms with Crippen molar-refractivity contribution in [3.05, 3.63) is 0 Å². The molecule has 1 aliphatic rings. The van der Waals surface area contributed by atoms with Gasteiger partial charge in [-0.1, -0.05) is 34.5 Å². The van der Waals surface area contributed by atoms with Crippen LogP contribution in [0.15, 0.2) is 0 Å². The molecule has 0 aromatic rings. The summed E-state index contributed by atoms with van der Waals surface area (Å²) in [5, 5.41) is 0. The zero-order valence-corrected chi connectivity index (χ0v) is 9.75. The van der Waals surface area contributed by atoms with E-state index in [1.807, 2.05) is 0 Å². The summed E-state index contributed by atoms with van der Waals surface area (Å²) in [6.45, 7) is 14.7. The summed E-state index contributed by atoms with van der Waals surface area (Å²) < 4.78 is 0. The predicted octanol–water partition coefficient (Wildman–Crippen LogP) is 1.93. The molecule has 1 heterocycles. The van der Waals surface area contributed by atoms with Crippen molar-refractivity contribution in [1.82, 2.24) is 9.62 Å². The Kier molecular flexibility index (Phi) is 3.80. The minimum atomic E-state index is 0.619. The van der Waals surface area contributed by atoms with E-state index >= 15 is 0 Å². The van der Waals surface area contributed by atoms with Gasteiger partial charge in [-0.2, -0.15) is 0 Å². The quantitative estimate of drug-likeness (QED) is 0.602. The monoisotopic (exact) mass is 182 g/mol. The van der Waals surface area contributed by atoms with Crippen LogP contribution in [0.5, 0.6) is 0 Å². The van der Waals surface area contributed by atoms with Gasteiger partial charge in [-0.25, -0.2) is 0 Å². The van der Waals surface area contributed by atoms with E-state index in [0.717, 1.165) is 0 Å². The Hall–Kier alpha value is -0.0151. The zero-order chi connectivity index (χ0) is 10.0. The van der Waals surface area contributed by atoms with Crippen LogP contribution < -0.4 is 0 Å². The summed E-state index contributed by atoms with van der Waals surface area (Å²) in [7, 11) is 0. The zero-order valence-electron chi connectivity index (χ0n) is 9.75. The Morgan fingerprint density at radius 1 is 0.923 bits per heavy atom. The fraction of sp³-hybridized carbons (Fsp3) is 1.00. The predicted molar refractivity (Wildman–Crippen MR) is 59.9 cm³/mol. The van der Waals surface area contributed by atoms with Crippen molar-refractivity contribution < 1.29 is 0 Å². The Labute approximate surface area is 83.4 Å². The van der Waals surface area contributed by atoms with Crippen molar-refractivity contribution in [2.24, 2.45) is 0 Å². The minimum Gasteiger partial charge on any atom is -0.326 e. The van der Waals surface area contributed by atoms with E-state index in [9.17, 15) is 0 Å². The summed E-state index contributed by atoms with van der Waals surface area (Å²) in [4.78, 5) is 5.17. The number of hydrogen-bond acceptors (Lipinski definition) is 2. The second-order valence-corrected chi connectivity index (χ2v) is 4.65. The molecule has 0 bridgehead atoms. The van der Waals surface area contributed by atoms with E-state index in [1.165, 1.54) is 19.5 Å². The first-order valence-corrected chi connectivity index (χ1v) is 5.55. The van der Waals surface area contributed by atoms with Crippen LogP contribution in [-0.4, -0.2) is 41.8 Å². The number of rotatable bonds is 2. The molecule has 3 heteroatoms. The van der Waals surface area contributed by atoms with Crippen LogP contribution in [0, 0.1) is 0 Å². The lowest BCUT2D eigenvalue weighted by Gasteiger charge is -2.44. The van der Waals surface area contributed by atoms with Gasteiger partial charge in [0.2, 0.25) is 0 Å². The van der Waals surface area contributed by atoms with Crippen LogP contribution in [0.3, 0.4) is 0 Å². The molecule has 1 rings (SSSR count). The molecule has 1 saturated heterocycles. The van der Waals surface area contributed by atoms with Crippen LogP contribution in [0.4, 0.5) is 0 Å². The second kappa shape index (κ2) is 4.47. The first-order chi connectivity index (χ1) is 6.04. The Balaban J connectivity index is 2.60. The highest BCUT2D eigenvalue weighted by Crippen LogP contribution is 2.16. The van der Waals surface area contributed by atoms with Crippen molar-refractivity contribution in [3.8, 4) is 0 Å². The molecule has 0 aliphatic carbocycles. The molecule has 1 fully saturated rings. The highest BCUT2D eigenvalue weighted by atomic mass is 15.3. The maximum atomic E-state index is 2.59. The summed E-state index contributed by atoms with van der Waals surface area (Å²) in [5.74, 6) is 0. The van der Waals surface area contributed by atoms with Crippen molar-refractivity contribution in [3.63, 3.8) is 0 Å². The first kappa shape index (κ1) is 11.1. The number of nitrogens with zero attached hydrogens (tertiary/aromatic N) is 2.